The molecule has 0 atom stereocenters. The van der Waals surface area contributed by atoms with Gasteiger partial charge in [-0.1, -0.05) is 31.5 Å². The Kier molecular flexibility index (Phi) is 6.76. The van der Waals surface area contributed by atoms with Gasteiger partial charge in [-0.05, 0) is 56.4 Å². The SMILES string of the molecule is CCN(CC)CC(=O)Nc1ccc(NS(=O)(=O)c2ccc(C)cc2)cc1. The molecule has 140 valence electrons. The first-order chi connectivity index (χ1) is 12.3. The van der Waals surface area contributed by atoms with E-state index < -0.39 is 10.0 Å². The summed E-state index contributed by atoms with van der Waals surface area (Å²) in [6.07, 6.45) is 0. The predicted octanol–water partition coefficient (Wildman–Crippen LogP) is 3.08. The molecule has 0 heterocycles. The number of carbonyl (C=O) groups excluding carboxylic acids is 1. The van der Waals surface area contributed by atoms with Crippen LogP contribution in [0.15, 0.2) is 53.4 Å². The van der Waals surface area contributed by atoms with E-state index >= 15 is 0 Å². The second-order valence-electron chi connectivity index (χ2n) is 6.01. The summed E-state index contributed by atoms with van der Waals surface area (Å²) in [5.41, 5.74) is 2.06. The lowest BCUT2D eigenvalue weighted by Crippen LogP contribution is -2.32. The minimum atomic E-state index is -3.63. The van der Waals surface area contributed by atoms with Crippen molar-refractivity contribution in [3.05, 3.63) is 54.1 Å². The van der Waals surface area contributed by atoms with Gasteiger partial charge in [0.25, 0.3) is 10.0 Å². The first-order valence-corrected chi connectivity index (χ1v) is 10.0. The summed E-state index contributed by atoms with van der Waals surface area (Å²) in [4.78, 5) is 14.2. The van der Waals surface area contributed by atoms with Crippen LogP contribution in [0.25, 0.3) is 0 Å². The van der Waals surface area contributed by atoms with E-state index in [0.717, 1.165) is 18.7 Å². The standard InChI is InChI=1S/C19H25N3O3S/c1-4-22(5-2)14-19(23)20-16-8-10-17(11-9-16)21-26(24,25)18-12-6-15(3)7-13-18/h6-13,21H,4-5,14H2,1-3H3,(H,20,23). The van der Waals surface area contributed by atoms with E-state index in [9.17, 15) is 13.2 Å². The Balaban J connectivity index is 2.01. The van der Waals surface area contributed by atoms with Gasteiger partial charge in [0.15, 0.2) is 0 Å². The highest BCUT2D eigenvalue weighted by Crippen LogP contribution is 2.18. The second-order valence-corrected chi connectivity index (χ2v) is 7.69. The Morgan fingerprint density at radius 3 is 2.00 bits per heavy atom. The van der Waals surface area contributed by atoms with Gasteiger partial charge in [0, 0.05) is 11.4 Å². The number of hydrogen-bond acceptors (Lipinski definition) is 4. The molecule has 26 heavy (non-hydrogen) atoms. The topological polar surface area (TPSA) is 78.5 Å². The van der Waals surface area contributed by atoms with Crippen LogP contribution in [0, 0.1) is 6.92 Å². The van der Waals surface area contributed by atoms with Gasteiger partial charge in [0.2, 0.25) is 5.91 Å². The van der Waals surface area contributed by atoms with Gasteiger partial charge in [0.1, 0.15) is 0 Å². The molecule has 2 N–H and O–H groups in total. The first kappa shape index (κ1) is 19.9. The average molecular weight is 375 g/mol. The van der Waals surface area contributed by atoms with Crippen LogP contribution < -0.4 is 10.0 Å². The molecule has 0 saturated heterocycles. The van der Waals surface area contributed by atoms with Gasteiger partial charge in [-0.25, -0.2) is 8.42 Å². The molecule has 0 aliphatic carbocycles. The fraction of sp³-hybridized carbons (Fsp3) is 0.316. The largest absolute Gasteiger partial charge is 0.325 e. The molecule has 2 aromatic carbocycles. The van der Waals surface area contributed by atoms with Crippen molar-refractivity contribution in [1.82, 2.24) is 4.90 Å². The van der Waals surface area contributed by atoms with E-state index in [4.69, 9.17) is 0 Å². The number of aryl methyl sites for hydroxylation is 1. The maximum Gasteiger partial charge on any atom is 0.261 e. The maximum absolute atomic E-state index is 12.4. The molecule has 0 spiro atoms. The fourth-order valence-electron chi connectivity index (χ4n) is 2.40. The number of sulfonamides is 1. The minimum Gasteiger partial charge on any atom is -0.325 e. The molecule has 7 heteroatoms. The van der Waals surface area contributed by atoms with Crippen LogP contribution in [0.3, 0.4) is 0 Å². The number of likely N-dealkylation sites (N-methyl/N-ethyl adjacent to an activating group) is 1. The third-order valence-electron chi connectivity index (χ3n) is 4.01. The molecular weight excluding hydrogens is 350 g/mol. The third-order valence-corrected chi connectivity index (χ3v) is 5.41. The van der Waals surface area contributed by atoms with Crippen LogP contribution in [-0.2, 0) is 14.8 Å². The van der Waals surface area contributed by atoms with Crippen molar-refractivity contribution in [2.24, 2.45) is 0 Å². The van der Waals surface area contributed by atoms with E-state index in [0.29, 0.717) is 17.9 Å². The molecule has 0 unspecified atom stereocenters. The molecule has 2 rings (SSSR count). The molecule has 0 saturated carbocycles. The van der Waals surface area contributed by atoms with Crippen LogP contribution >= 0.6 is 0 Å². The second kappa shape index (κ2) is 8.82. The molecule has 0 fully saturated rings. The number of amides is 1. The molecule has 0 bridgehead atoms. The Morgan fingerprint density at radius 1 is 0.923 bits per heavy atom. The molecule has 1 amide bonds. The average Bonchev–Trinajstić information content (AvgIpc) is 2.61. The van der Waals surface area contributed by atoms with Crippen molar-refractivity contribution >= 4 is 27.3 Å². The Morgan fingerprint density at radius 2 is 1.46 bits per heavy atom. The summed E-state index contributed by atoms with van der Waals surface area (Å²) in [5, 5.41) is 2.81. The predicted molar refractivity (Wildman–Crippen MR) is 105 cm³/mol. The van der Waals surface area contributed by atoms with Crippen LogP contribution in [0.5, 0.6) is 0 Å². The monoisotopic (exact) mass is 375 g/mol. The molecule has 0 aliphatic heterocycles. The van der Waals surface area contributed by atoms with Gasteiger partial charge in [-0.2, -0.15) is 0 Å². The zero-order valence-corrected chi connectivity index (χ0v) is 16.1. The summed E-state index contributed by atoms with van der Waals surface area (Å²) in [5.74, 6) is -0.0957. The Hall–Kier alpha value is -2.38. The van der Waals surface area contributed by atoms with Crippen LogP contribution in [0.4, 0.5) is 11.4 Å². The van der Waals surface area contributed by atoms with Crippen molar-refractivity contribution in [2.75, 3.05) is 29.7 Å². The molecule has 0 aliphatic rings. The van der Waals surface area contributed by atoms with Gasteiger partial charge < -0.3 is 5.32 Å². The highest BCUT2D eigenvalue weighted by atomic mass is 32.2. The van der Waals surface area contributed by atoms with Crippen molar-refractivity contribution in [3.63, 3.8) is 0 Å². The van der Waals surface area contributed by atoms with Crippen molar-refractivity contribution in [1.29, 1.82) is 0 Å². The lowest BCUT2D eigenvalue weighted by molar-refractivity contribution is -0.117. The summed E-state index contributed by atoms with van der Waals surface area (Å²) in [6.45, 7) is 7.86. The first-order valence-electron chi connectivity index (χ1n) is 8.55. The van der Waals surface area contributed by atoms with Crippen LogP contribution in [0.2, 0.25) is 0 Å². The highest BCUT2D eigenvalue weighted by molar-refractivity contribution is 7.92. The van der Waals surface area contributed by atoms with Crippen molar-refractivity contribution in [2.45, 2.75) is 25.7 Å². The number of rotatable bonds is 8. The zero-order valence-electron chi connectivity index (χ0n) is 15.3. The zero-order chi connectivity index (χ0) is 19.2. The van der Waals surface area contributed by atoms with E-state index in [2.05, 4.69) is 10.0 Å². The minimum absolute atomic E-state index is 0.0957. The summed E-state index contributed by atoms with van der Waals surface area (Å²) >= 11 is 0. The quantitative estimate of drug-likeness (QED) is 0.743. The Labute approximate surface area is 155 Å². The van der Waals surface area contributed by atoms with E-state index in [1.807, 2.05) is 25.7 Å². The number of nitrogens with zero attached hydrogens (tertiary/aromatic N) is 1. The fourth-order valence-corrected chi connectivity index (χ4v) is 3.46. The normalized spacial score (nSPS) is 11.4. The number of hydrogen-bond donors (Lipinski definition) is 2. The summed E-state index contributed by atoms with van der Waals surface area (Å²) in [7, 11) is -3.63. The lowest BCUT2D eigenvalue weighted by Gasteiger charge is -2.17. The lowest BCUT2D eigenvalue weighted by atomic mass is 10.2. The molecular formula is C19H25N3O3S. The van der Waals surface area contributed by atoms with Gasteiger partial charge in [-0.15, -0.1) is 0 Å². The molecule has 0 aromatic heterocycles. The van der Waals surface area contributed by atoms with E-state index in [-0.39, 0.29) is 10.8 Å². The van der Waals surface area contributed by atoms with E-state index in [1.54, 1.807) is 48.5 Å². The smallest absolute Gasteiger partial charge is 0.261 e. The van der Waals surface area contributed by atoms with Crippen LogP contribution in [0.1, 0.15) is 19.4 Å². The number of nitrogens with one attached hydrogen (secondary N) is 2. The molecule has 0 radical (unpaired) electrons. The van der Waals surface area contributed by atoms with Gasteiger partial charge in [-0.3, -0.25) is 14.4 Å². The van der Waals surface area contributed by atoms with E-state index in [1.165, 1.54) is 0 Å². The number of benzene rings is 2. The van der Waals surface area contributed by atoms with Gasteiger partial charge in [0.05, 0.1) is 11.4 Å². The van der Waals surface area contributed by atoms with Crippen molar-refractivity contribution < 1.29 is 13.2 Å². The number of anilines is 2. The Bertz CT molecular complexity index is 827. The molecule has 2 aromatic rings. The number of carbonyl (C=O) groups is 1. The highest BCUT2D eigenvalue weighted by Gasteiger charge is 2.14. The molecule has 6 nitrogen and oxygen atoms in total. The summed E-state index contributed by atoms with van der Waals surface area (Å²) < 4.78 is 27.3. The van der Waals surface area contributed by atoms with Crippen LogP contribution in [-0.4, -0.2) is 38.9 Å². The van der Waals surface area contributed by atoms with Gasteiger partial charge >= 0.3 is 0 Å². The van der Waals surface area contributed by atoms with Crippen molar-refractivity contribution in [3.8, 4) is 0 Å². The summed E-state index contributed by atoms with van der Waals surface area (Å²) in [6, 6.07) is 13.2. The third kappa shape index (κ3) is 5.57. The maximum atomic E-state index is 12.4.